The number of hydrogen-bond acceptors (Lipinski definition) is 2. The van der Waals surface area contributed by atoms with Crippen LogP contribution in [0.3, 0.4) is 0 Å². The first-order chi connectivity index (χ1) is 8.72. The van der Waals surface area contributed by atoms with E-state index in [2.05, 4.69) is 50.2 Å². The maximum absolute atomic E-state index is 2.27. The Morgan fingerprint density at radius 3 is 1.39 bits per heavy atom. The summed E-state index contributed by atoms with van der Waals surface area (Å²) in [5.74, 6) is 0. The predicted octanol–water partition coefficient (Wildman–Crippen LogP) is 5.95. The molecular weight excluding hydrogens is 256 g/mol. The molecule has 0 atom stereocenters. The Labute approximate surface area is 118 Å². The van der Waals surface area contributed by atoms with Crippen molar-refractivity contribution in [1.82, 2.24) is 0 Å². The van der Waals surface area contributed by atoms with Gasteiger partial charge in [0.05, 0.1) is 0 Å². The molecule has 0 unspecified atom stereocenters. The summed E-state index contributed by atoms with van der Waals surface area (Å²) in [7, 11) is 0. The standard InChI is InChI=1S/C14H12S2.C2H6/c1-9-3-5-11-13(7-9)15-12-6-4-10(2)8-14(12)16-11;1-2/h3-8H,1-2H3;1-2H3. The van der Waals surface area contributed by atoms with Crippen LogP contribution in [0.15, 0.2) is 56.0 Å². The van der Waals surface area contributed by atoms with Gasteiger partial charge in [-0.15, -0.1) is 0 Å². The lowest BCUT2D eigenvalue weighted by Crippen LogP contribution is -1.90. The van der Waals surface area contributed by atoms with E-state index in [-0.39, 0.29) is 0 Å². The molecule has 0 aromatic heterocycles. The number of benzene rings is 2. The fourth-order valence-corrected chi connectivity index (χ4v) is 4.19. The Kier molecular flexibility index (Phi) is 4.41. The maximum Gasteiger partial charge on any atom is 0.0265 e. The predicted molar refractivity (Wildman–Crippen MR) is 82.0 cm³/mol. The summed E-state index contributed by atoms with van der Waals surface area (Å²) < 4.78 is 0. The van der Waals surface area contributed by atoms with Crippen LogP contribution in [0.1, 0.15) is 25.0 Å². The summed E-state index contributed by atoms with van der Waals surface area (Å²) in [6.07, 6.45) is 0. The third-order valence-corrected chi connectivity index (χ3v) is 5.16. The topological polar surface area (TPSA) is 0 Å². The average Bonchev–Trinajstić information content (AvgIpc) is 2.39. The highest BCUT2D eigenvalue weighted by atomic mass is 32.2. The molecule has 0 spiro atoms. The molecule has 0 amide bonds. The van der Waals surface area contributed by atoms with Gasteiger partial charge in [-0.05, 0) is 49.2 Å². The van der Waals surface area contributed by atoms with Crippen LogP contribution in [0, 0.1) is 13.8 Å². The van der Waals surface area contributed by atoms with Gasteiger partial charge in [-0.1, -0.05) is 49.5 Å². The second-order valence-electron chi connectivity index (χ2n) is 4.10. The van der Waals surface area contributed by atoms with Crippen molar-refractivity contribution in [2.45, 2.75) is 47.3 Å². The lowest BCUT2D eigenvalue weighted by molar-refractivity contribution is 1.13. The van der Waals surface area contributed by atoms with Gasteiger partial charge in [-0.3, -0.25) is 0 Å². The van der Waals surface area contributed by atoms with Crippen LogP contribution in [0.2, 0.25) is 0 Å². The van der Waals surface area contributed by atoms with Crippen LogP contribution in [0.4, 0.5) is 0 Å². The highest BCUT2D eigenvalue weighted by molar-refractivity contribution is 8.05. The molecule has 2 heteroatoms. The highest BCUT2D eigenvalue weighted by Crippen LogP contribution is 2.48. The van der Waals surface area contributed by atoms with Crippen molar-refractivity contribution in [1.29, 1.82) is 0 Å². The molecule has 1 aliphatic heterocycles. The van der Waals surface area contributed by atoms with Gasteiger partial charge in [0.25, 0.3) is 0 Å². The van der Waals surface area contributed by atoms with Gasteiger partial charge in [0.15, 0.2) is 0 Å². The Morgan fingerprint density at radius 2 is 1.00 bits per heavy atom. The van der Waals surface area contributed by atoms with Crippen LogP contribution >= 0.6 is 23.5 Å². The first-order valence-electron chi connectivity index (χ1n) is 6.29. The highest BCUT2D eigenvalue weighted by Gasteiger charge is 2.16. The molecule has 0 bridgehead atoms. The minimum atomic E-state index is 1.34. The number of aryl methyl sites for hydroxylation is 2. The second kappa shape index (κ2) is 5.85. The Hall–Kier alpha value is -0.860. The number of hydrogen-bond donors (Lipinski definition) is 0. The van der Waals surface area contributed by atoms with E-state index in [1.807, 2.05) is 37.4 Å². The van der Waals surface area contributed by atoms with Crippen LogP contribution < -0.4 is 0 Å². The molecule has 94 valence electrons. The van der Waals surface area contributed by atoms with E-state index in [4.69, 9.17) is 0 Å². The minimum absolute atomic E-state index is 1.34. The first-order valence-corrected chi connectivity index (χ1v) is 7.93. The van der Waals surface area contributed by atoms with Gasteiger partial charge in [0.2, 0.25) is 0 Å². The van der Waals surface area contributed by atoms with Crippen molar-refractivity contribution >= 4 is 23.5 Å². The fourth-order valence-electron chi connectivity index (χ4n) is 1.80. The van der Waals surface area contributed by atoms with E-state index < -0.39 is 0 Å². The zero-order chi connectivity index (χ0) is 13.1. The van der Waals surface area contributed by atoms with Crippen LogP contribution in [0.5, 0.6) is 0 Å². The van der Waals surface area contributed by atoms with Gasteiger partial charge < -0.3 is 0 Å². The molecule has 0 aliphatic carbocycles. The lowest BCUT2D eigenvalue weighted by Gasteiger charge is -2.18. The molecule has 2 aromatic carbocycles. The van der Waals surface area contributed by atoms with Crippen molar-refractivity contribution in [3.05, 3.63) is 47.5 Å². The van der Waals surface area contributed by atoms with Crippen molar-refractivity contribution in [2.24, 2.45) is 0 Å². The Bertz CT molecular complexity index is 508. The molecule has 0 nitrogen and oxygen atoms in total. The summed E-state index contributed by atoms with van der Waals surface area (Å²) in [5.41, 5.74) is 2.67. The second-order valence-corrected chi connectivity index (χ2v) is 6.27. The van der Waals surface area contributed by atoms with Gasteiger partial charge in [-0.2, -0.15) is 0 Å². The van der Waals surface area contributed by atoms with Crippen molar-refractivity contribution < 1.29 is 0 Å². The summed E-state index contributed by atoms with van der Waals surface area (Å²) in [4.78, 5) is 5.55. The molecule has 0 saturated carbocycles. The molecule has 1 aliphatic rings. The van der Waals surface area contributed by atoms with Gasteiger partial charge in [-0.25, -0.2) is 0 Å². The Balaban J connectivity index is 0.000000574. The summed E-state index contributed by atoms with van der Waals surface area (Å²) in [6, 6.07) is 13.4. The molecule has 1 heterocycles. The van der Waals surface area contributed by atoms with Gasteiger partial charge in [0.1, 0.15) is 0 Å². The van der Waals surface area contributed by atoms with Gasteiger partial charge in [0, 0.05) is 19.6 Å². The minimum Gasteiger partial charge on any atom is -0.0877 e. The van der Waals surface area contributed by atoms with Crippen LogP contribution in [0.25, 0.3) is 0 Å². The van der Waals surface area contributed by atoms with Crippen molar-refractivity contribution in [3.8, 4) is 0 Å². The van der Waals surface area contributed by atoms with Crippen LogP contribution in [-0.2, 0) is 0 Å². The normalized spacial score (nSPS) is 12.0. The molecule has 0 N–H and O–H groups in total. The molecule has 2 aromatic rings. The smallest absolute Gasteiger partial charge is 0.0265 e. The number of fused-ring (bicyclic) bond motifs is 2. The summed E-state index contributed by atoms with van der Waals surface area (Å²) in [6.45, 7) is 8.30. The first kappa shape index (κ1) is 13.6. The lowest BCUT2D eigenvalue weighted by atomic mass is 10.2. The fraction of sp³-hybridized carbons (Fsp3) is 0.250. The van der Waals surface area contributed by atoms with E-state index in [1.165, 1.54) is 30.7 Å². The van der Waals surface area contributed by atoms with E-state index in [1.54, 1.807) is 0 Å². The molecule has 0 radical (unpaired) electrons. The van der Waals surface area contributed by atoms with E-state index >= 15 is 0 Å². The Morgan fingerprint density at radius 1 is 0.611 bits per heavy atom. The van der Waals surface area contributed by atoms with E-state index in [9.17, 15) is 0 Å². The SMILES string of the molecule is CC.Cc1ccc2c(c1)Sc1ccc(C)cc1S2. The zero-order valence-electron chi connectivity index (χ0n) is 11.3. The zero-order valence-corrected chi connectivity index (χ0v) is 12.9. The molecule has 0 fully saturated rings. The third kappa shape index (κ3) is 2.76. The van der Waals surface area contributed by atoms with Crippen molar-refractivity contribution in [3.63, 3.8) is 0 Å². The molecule has 0 saturated heterocycles. The average molecular weight is 274 g/mol. The third-order valence-electron chi connectivity index (χ3n) is 2.64. The molecular formula is C16H18S2. The summed E-state index contributed by atoms with van der Waals surface area (Å²) >= 11 is 3.77. The molecule has 18 heavy (non-hydrogen) atoms. The number of rotatable bonds is 0. The van der Waals surface area contributed by atoms with E-state index in [0.717, 1.165) is 0 Å². The quantitative estimate of drug-likeness (QED) is 0.497. The summed E-state index contributed by atoms with van der Waals surface area (Å²) in [5, 5.41) is 0. The van der Waals surface area contributed by atoms with Crippen LogP contribution in [-0.4, -0.2) is 0 Å². The van der Waals surface area contributed by atoms with Gasteiger partial charge >= 0.3 is 0 Å². The van der Waals surface area contributed by atoms with Crippen molar-refractivity contribution in [2.75, 3.05) is 0 Å². The molecule has 3 rings (SSSR count). The maximum atomic E-state index is 2.27. The monoisotopic (exact) mass is 274 g/mol. The van der Waals surface area contributed by atoms with E-state index in [0.29, 0.717) is 0 Å². The largest absolute Gasteiger partial charge is 0.0877 e.